The zero-order valence-electron chi connectivity index (χ0n) is 11.7. The first-order valence-electron chi connectivity index (χ1n) is 6.54. The zero-order valence-corrected chi connectivity index (χ0v) is 12.6. The van der Waals surface area contributed by atoms with E-state index in [1.807, 2.05) is 0 Å². The molecule has 0 spiro atoms. The van der Waals surface area contributed by atoms with E-state index in [1.165, 1.54) is 30.3 Å². The van der Waals surface area contributed by atoms with Crippen LogP contribution >= 0.6 is 0 Å². The fourth-order valence-corrected chi connectivity index (χ4v) is 3.34. The molecule has 0 saturated carbocycles. The maximum absolute atomic E-state index is 12.9. The van der Waals surface area contributed by atoms with Crippen molar-refractivity contribution in [1.82, 2.24) is 0 Å². The molecular formula is C15H8F3NO4S. The zero-order chi connectivity index (χ0) is 17.7. The van der Waals surface area contributed by atoms with Gasteiger partial charge in [0.2, 0.25) is 0 Å². The van der Waals surface area contributed by atoms with E-state index in [2.05, 4.69) is 0 Å². The minimum Gasteiger partial charge on any atom is -0.268 e. The van der Waals surface area contributed by atoms with Gasteiger partial charge < -0.3 is 0 Å². The maximum Gasteiger partial charge on any atom is 0.501 e. The van der Waals surface area contributed by atoms with E-state index < -0.39 is 37.7 Å². The summed E-state index contributed by atoms with van der Waals surface area (Å²) in [6.45, 7) is 0. The average Bonchev–Trinajstić information content (AvgIpc) is 2.78. The molecule has 0 fully saturated rings. The largest absolute Gasteiger partial charge is 0.501 e. The van der Waals surface area contributed by atoms with Gasteiger partial charge in [0.25, 0.3) is 21.7 Å². The van der Waals surface area contributed by atoms with Gasteiger partial charge in [0.15, 0.2) is 0 Å². The molecule has 0 aliphatic carbocycles. The number of carbonyl (C=O) groups excluding carboxylic acids is 2. The highest BCUT2D eigenvalue weighted by Crippen LogP contribution is 2.38. The Morgan fingerprint density at radius 2 is 1.25 bits per heavy atom. The van der Waals surface area contributed by atoms with Crippen LogP contribution in [0.15, 0.2) is 53.4 Å². The van der Waals surface area contributed by atoms with Crippen LogP contribution in [-0.2, 0) is 9.84 Å². The third-order valence-corrected chi connectivity index (χ3v) is 5.03. The first kappa shape index (κ1) is 16.2. The molecule has 2 amide bonds. The molecule has 1 aliphatic heterocycles. The Balaban J connectivity index is 2.21. The smallest absolute Gasteiger partial charge is 0.268 e. The minimum atomic E-state index is -5.72. The average molecular weight is 355 g/mol. The number of amides is 2. The number of sulfone groups is 1. The number of para-hydroxylation sites is 1. The standard InChI is InChI=1S/C15H8F3NO4S/c16-15(17,18)24(22,23)12-8-4-3-7-11(12)19-13(20)9-5-1-2-6-10(9)14(19)21/h1-8H. The second-order valence-electron chi connectivity index (χ2n) is 4.91. The number of rotatable bonds is 2. The van der Waals surface area contributed by atoms with Crippen molar-refractivity contribution in [3.8, 4) is 0 Å². The van der Waals surface area contributed by atoms with Crippen molar-refractivity contribution in [2.45, 2.75) is 10.4 Å². The monoisotopic (exact) mass is 355 g/mol. The van der Waals surface area contributed by atoms with Crippen LogP contribution in [0, 0.1) is 0 Å². The van der Waals surface area contributed by atoms with Crippen LogP contribution < -0.4 is 4.90 Å². The molecule has 3 rings (SSSR count). The van der Waals surface area contributed by atoms with Crippen molar-refractivity contribution in [1.29, 1.82) is 0 Å². The third-order valence-electron chi connectivity index (χ3n) is 3.49. The molecule has 0 saturated heterocycles. The van der Waals surface area contributed by atoms with Crippen LogP contribution in [-0.4, -0.2) is 25.7 Å². The molecule has 2 aromatic rings. The lowest BCUT2D eigenvalue weighted by molar-refractivity contribution is -0.0435. The lowest BCUT2D eigenvalue weighted by Gasteiger charge is -2.18. The summed E-state index contributed by atoms with van der Waals surface area (Å²) in [5, 5.41) is 0. The molecule has 0 radical (unpaired) electrons. The van der Waals surface area contributed by atoms with Crippen LogP contribution in [0.3, 0.4) is 0 Å². The van der Waals surface area contributed by atoms with Gasteiger partial charge in [0.1, 0.15) is 4.90 Å². The molecule has 1 heterocycles. The molecule has 9 heteroatoms. The number of nitrogens with zero attached hydrogens (tertiary/aromatic N) is 1. The fraction of sp³-hybridized carbons (Fsp3) is 0.0667. The van der Waals surface area contributed by atoms with Crippen molar-refractivity contribution in [3.05, 3.63) is 59.7 Å². The molecule has 1 aliphatic rings. The number of benzene rings is 2. The molecular weight excluding hydrogens is 347 g/mol. The van der Waals surface area contributed by atoms with E-state index in [4.69, 9.17) is 0 Å². The van der Waals surface area contributed by atoms with Crippen molar-refractivity contribution >= 4 is 27.3 Å². The van der Waals surface area contributed by atoms with Gasteiger partial charge in [-0.2, -0.15) is 13.2 Å². The molecule has 2 aromatic carbocycles. The summed E-state index contributed by atoms with van der Waals surface area (Å²) in [5.74, 6) is -1.75. The van der Waals surface area contributed by atoms with Gasteiger partial charge in [-0.25, -0.2) is 13.3 Å². The summed E-state index contributed by atoms with van der Waals surface area (Å²) in [5.41, 5.74) is -6.17. The molecule has 0 bridgehead atoms. The van der Waals surface area contributed by atoms with Crippen LogP contribution in [0.4, 0.5) is 18.9 Å². The third kappa shape index (κ3) is 2.20. The lowest BCUT2D eigenvalue weighted by atomic mass is 10.1. The Kier molecular flexibility index (Phi) is 3.48. The van der Waals surface area contributed by atoms with Gasteiger partial charge >= 0.3 is 5.51 Å². The summed E-state index contributed by atoms with van der Waals surface area (Å²) in [6, 6.07) is 9.70. The quantitative estimate of drug-likeness (QED) is 0.777. The summed E-state index contributed by atoms with van der Waals surface area (Å²) in [6.07, 6.45) is 0. The van der Waals surface area contributed by atoms with Gasteiger partial charge in [0.05, 0.1) is 16.8 Å². The number of alkyl halides is 3. The van der Waals surface area contributed by atoms with E-state index in [9.17, 15) is 31.2 Å². The van der Waals surface area contributed by atoms with Gasteiger partial charge in [0, 0.05) is 0 Å². The molecule has 0 N–H and O–H groups in total. The highest BCUT2D eigenvalue weighted by atomic mass is 32.2. The summed E-state index contributed by atoms with van der Waals surface area (Å²) < 4.78 is 62.1. The first-order valence-corrected chi connectivity index (χ1v) is 8.03. The topological polar surface area (TPSA) is 71.5 Å². The van der Waals surface area contributed by atoms with E-state index in [0.29, 0.717) is 11.0 Å². The molecule has 0 unspecified atom stereocenters. The van der Waals surface area contributed by atoms with Gasteiger partial charge in [-0.3, -0.25) is 9.59 Å². The maximum atomic E-state index is 12.9. The molecule has 0 atom stereocenters. The van der Waals surface area contributed by atoms with E-state index in [0.717, 1.165) is 12.1 Å². The van der Waals surface area contributed by atoms with Crippen LogP contribution in [0.5, 0.6) is 0 Å². The first-order chi connectivity index (χ1) is 11.2. The Hall–Kier alpha value is -2.68. The fourth-order valence-electron chi connectivity index (χ4n) is 2.40. The van der Waals surface area contributed by atoms with Gasteiger partial charge in [-0.05, 0) is 24.3 Å². The van der Waals surface area contributed by atoms with Crippen molar-refractivity contribution < 1.29 is 31.2 Å². The van der Waals surface area contributed by atoms with Crippen LogP contribution in [0.25, 0.3) is 0 Å². The number of anilines is 1. The Labute approximate surface area is 134 Å². The van der Waals surface area contributed by atoms with Crippen molar-refractivity contribution in [3.63, 3.8) is 0 Å². The van der Waals surface area contributed by atoms with E-state index in [-0.39, 0.29) is 11.1 Å². The Morgan fingerprint density at radius 3 is 1.75 bits per heavy atom. The van der Waals surface area contributed by atoms with E-state index >= 15 is 0 Å². The highest BCUT2D eigenvalue weighted by Gasteiger charge is 2.49. The number of halogens is 3. The number of hydrogen-bond donors (Lipinski definition) is 0. The number of carbonyl (C=O) groups is 2. The summed E-state index contributed by atoms with van der Waals surface area (Å²) >= 11 is 0. The second-order valence-corrected chi connectivity index (χ2v) is 6.82. The number of fused-ring (bicyclic) bond motifs is 1. The van der Waals surface area contributed by atoms with Crippen LogP contribution in [0.1, 0.15) is 20.7 Å². The predicted molar refractivity (Wildman–Crippen MR) is 77.3 cm³/mol. The van der Waals surface area contributed by atoms with E-state index in [1.54, 1.807) is 0 Å². The SMILES string of the molecule is O=C1c2ccccc2C(=O)N1c1ccccc1S(=O)(=O)C(F)(F)F. The van der Waals surface area contributed by atoms with Crippen molar-refractivity contribution in [2.24, 2.45) is 0 Å². The summed E-state index contributed by atoms with van der Waals surface area (Å²) in [4.78, 5) is 24.0. The molecule has 0 aromatic heterocycles. The number of imide groups is 1. The normalized spacial score (nSPS) is 14.9. The molecule has 124 valence electrons. The Bertz CT molecular complexity index is 932. The van der Waals surface area contributed by atoms with Gasteiger partial charge in [-0.1, -0.05) is 24.3 Å². The second kappa shape index (κ2) is 5.17. The Morgan fingerprint density at radius 1 is 0.792 bits per heavy atom. The minimum absolute atomic E-state index is 0.00158. The summed E-state index contributed by atoms with van der Waals surface area (Å²) in [7, 11) is -5.72. The predicted octanol–water partition coefficient (Wildman–Crippen LogP) is 2.78. The van der Waals surface area contributed by atoms with Crippen molar-refractivity contribution in [2.75, 3.05) is 4.90 Å². The van der Waals surface area contributed by atoms with Crippen LogP contribution in [0.2, 0.25) is 0 Å². The lowest BCUT2D eigenvalue weighted by Crippen LogP contribution is -2.32. The molecule has 24 heavy (non-hydrogen) atoms. The molecule has 5 nitrogen and oxygen atoms in total. The number of hydrogen-bond acceptors (Lipinski definition) is 4. The highest BCUT2D eigenvalue weighted by molar-refractivity contribution is 7.92. The van der Waals surface area contributed by atoms with Gasteiger partial charge in [-0.15, -0.1) is 0 Å².